The average Bonchev–Trinajstić information content (AvgIpc) is 1.94. The fourth-order valence-corrected chi connectivity index (χ4v) is 0. The minimum Gasteiger partial charge on any atom is -0.483 e. The summed E-state index contributed by atoms with van der Waals surface area (Å²) in [6, 6.07) is 0. The zero-order chi connectivity index (χ0) is 8.12. The number of carbonyl (C=O) groups excluding carboxylic acids is 1. The minimum absolute atomic E-state index is 0. The zero-order valence-corrected chi connectivity index (χ0v) is 5.77. The Kier molecular flexibility index (Phi) is 5000. The van der Waals surface area contributed by atoms with Crippen LogP contribution < -0.4 is 0 Å². The van der Waals surface area contributed by atoms with Gasteiger partial charge in [0.2, 0.25) is 0 Å². The van der Waals surface area contributed by atoms with E-state index in [-0.39, 0.29) is 56.5 Å². The quantitative estimate of drug-likeness (QED) is 0.693. The van der Waals surface area contributed by atoms with E-state index in [4.69, 9.17) is 19.8 Å². The van der Waals surface area contributed by atoms with Crippen molar-refractivity contribution in [2.45, 2.75) is 44.6 Å². The fourth-order valence-electron chi connectivity index (χ4n) is 0. The second-order valence-corrected chi connectivity index (χ2v) is 0.437. The molecule has 0 atom stereocenters. The molecule has 0 fully saturated rings. The topological polar surface area (TPSA) is 115 Å². The lowest BCUT2D eigenvalue weighted by Gasteiger charge is -1.67. The summed E-state index contributed by atoms with van der Waals surface area (Å²) in [5.74, 6) is 0. The summed E-state index contributed by atoms with van der Waals surface area (Å²) in [4.78, 5) is 17.3. The van der Waals surface area contributed by atoms with Gasteiger partial charge in [0.1, 0.15) is 0 Å². The third-order valence-corrected chi connectivity index (χ3v) is 0.0962. The van der Waals surface area contributed by atoms with E-state index in [1.54, 1.807) is 0 Å². The minimum atomic E-state index is -0.250. The van der Waals surface area contributed by atoms with E-state index in [0.29, 0.717) is 6.47 Å². The SMILES string of the molecule is C.C.C.C.C.C.CO.COC=O.O.O=CO. The molecule has 0 heterocycles. The van der Waals surface area contributed by atoms with Gasteiger partial charge in [-0.05, 0) is 0 Å². The Morgan fingerprint density at radius 3 is 0.938 bits per heavy atom. The van der Waals surface area contributed by atoms with Crippen LogP contribution in [0.4, 0.5) is 0 Å². The van der Waals surface area contributed by atoms with Crippen LogP contribution in [0.3, 0.4) is 0 Å². The van der Waals surface area contributed by atoms with Crippen LogP contribution in [0.15, 0.2) is 0 Å². The van der Waals surface area contributed by atoms with Gasteiger partial charge in [0.15, 0.2) is 0 Å². The van der Waals surface area contributed by atoms with Gasteiger partial charge in [0, 0.05) is 7.11 Å². The van der Waals surface area contributed by atoms with Crippen molar-refractivity contribution in [3.63, 3.8) is 0 Å². The average molecular weight is 252 g/mol. The molecule has 0 aliphatic heterocycles. The third-order valence-electron chi connectivity index (χ3n) is 0.0962. The van der Waals surface area contributed by atoms with E-state index >= 15 is 0 Å². The van der Waals surface area contributed by atoms with Gasteiger partial charge in [-0.1, -0.05) is 44.6 Å². The Bertz CT molecular complexity index is 50.6. The zero-order valence-electron chi connectivity index (χ0n) is 5.77. The molecule has 6 nitrogen and oxygen atoms in total. The first-order chi connectivity index (χ1) is 4.33. The molecule has 0 aromatic carbocycles. The third kappa shape index (κ3) is 92300. The van der Waals surface area contributed by atoms with Crippen molar-refractivity contribution in [1.82, 2.24) is 0 Å². The van der Waals surface area contributed by atoms with E-state index in [2.05, 4.69) is 4.74 Å². The Morgan fingerprint density at radius 2 is 0.938 bits per heavy atom. The maximum Gasteiger partial charge on any atom is 0.292 e. The van der Waals surface area contributed by atoms with Gasteiger partial charge in [0.05, 0.1) is 7.11 Å². The summed E-state index contributed by atoms with van der Waals surface area (Å²) in [6.45, 7) is 0.125. The first-order valence-electron chi connectivity index (χ1n) is 1.82. The van der Waals surface area contributed by atoms with Crippen LogP contribution in [0.1, 0.15) is 44.6 Å². The highest BCUT2D eigenvalue weighted by Gasteiger charge is 1.44. The van der Waals surface area contributed by atoms with Crippen LogP contribution in [0.25, 0.3) is 0 Å². The van der Waals surface area contributed by atoms with Crippen molar-refractivity contribution >= 4 is 12.9 Å². The molecule has 6 heteroatoms. The molecular weight excluding hydrogens is 216 g/mol. The molecule has 0 amide bonds. The number of aliphatic hydroxyl groups excluding tert-OH is 1. The number of carboxylic acid groups (broad SMARTS) is 1. The van der Waals surface area contributed by atoms with Gasteiger partial charge in [0.25, 0.3) is 12.9 Å². The Balaban J connectivity index is -0.00000000356. The molecule has 0 aliphatic carbocycles. The van der Waals surface area contributed by atoms with E-state index < -0.39 is 0 Å². The summed E-state index contributed by atoms with van der Waals surface area (Å²) in [7, 11) is 2.31. The fraction of sp³-hybridized carbons (Fsp3) is 0.800. The molecule has 0 bridgehead atoms. The number of methoxy groups -OCH3 is 1. The molecule has 4 N–H and O–H groups in total. The largest absolute Gasteiger partial charge is 0.483 e. The van der Waals surface area contributed by atoms with Gasteiger partial charge in [-0.3, -0.25) is 9.59 Å². The highest BCUT2D eigenvalue weighted by Crippen LogP contribution is 1.35. The Labute approximate surface area is 103 Å². The van der Waals surface area contributed by atoms with Crippen LogP contribution >= 0.6 is 0 Å². The molecule has 16 heavy (non-hydrogen) atoms. The second-order valence-electron chi connectivity index (χ2n) is 0.437. The molecule has 0 aliphatic rings. The molecule has 0 rings (SSSR count). The highest BCUT2D eigenvalue weighted by atomic mass is 16.5. The molecule has 0 aromatic rings. The molecular formula is C10H36O6. The number of rotatable bonds is 1. The Hall–Kier alpha value is -1.14. The normalized spacial score (nSPS) is 2.44. The molecule has 0 unspecified atom stereocenters. The molecule has 112 valence electrons. The van der Waals surface area contributed by atoms with Gasteiger partial charge in [-0.25, -0.2) is 0 Å². The van der Waals surface area contributed by atoms with E-state index in [9.17, 15) is 0 Å². The van der Waals surface area contributed by atoms with E-state index in [1.807, 2.05) is 0 Å². The summed E-state index contributed by atoms with van der Waals surface area (Å²) in [5, 5.41) is 13.9. The van der Waals surface area contributed by atoms with Crippen LogP contribution in [-0.2, 0) is 14.3 Å². The maximum absolute atomic E-state index is 8.95. The summed E-state index contributed by atoms with van der Waals surface area (Å²) < 4.78 is 3.86. The first kappa shape index (κ1) is 121. The van der Waals surface area contributed by atoms with Crippen molar-refractivity contribution in [3.05, 3.63) is 0 Å². The van der Waals surface area contributed by atoms with E-state index in [1.165, 1.54) is 7.11 Å². The van der Waals surface area contributed by atoms with Crippen molar-refractivity contribution in [2.75, 3.05) is 14.2 Å². The second kappa shape index (κ2) is 663. The molecule has 0 saturated carbocycles. The predicted octanol–water partition coefficient (Wildman–Crippen LogP) is 2.09. The van der Waals surface area contributed by atoms with Crippen LogP contribution in [0.5, 0.6) is 0 Å². The lowest BCUT2D eigenvalue weighted by molar-refractivity contribution is -0.126. The van der Waals surface area contributed by atoms with Gasteiger partial charge >= 0.3 is 0 Å². The maximum atomic E-state index is 8.95. The lowest BCUT2D eigenvalue weighted by Crippen LogP contribution is -1.68. The standard InChI is InChI=1S/C2H4O2.CH2O2.CH4O.6CH4.H2O/c1-4-2-3;2-1-3;1-2;;;;;;;/h2H,1H3;1H,(H,2,3);2H,1H3;6*1H4;1H2. The summed E-state index contributed by atoms with van der Waals surface area (Å²) in [5.41, 5.74) is 0. The van der Waals surface area contributed by atoms with Gasteiger partial charge in [-0.2, -0.15) is 0 Å². The molecule has 0 saturated heterocycles. The Morgan fingerprint density at radius 1 is 0.875 bits per heavy atom. The number of ether oxygens (including phenoxy) is 1. The molecule has 0 radical (unpaired) electrons. The number of hydrogen-bond donors (Lipinski definition) is 2. The number of aliphatic hydroxyl groups is 1. The van der Waals surface area contributed by atoms with Crippen molar-refractivity contribution in [3.8, 4) is 0 Å². The van der Waals surface area contributed by atoms with Crippen molar-refractivity contribution in [2.24, 2.45) is 0 Å². The van der Waals surface area contributed by atoms with Crippen LogP contribution in [0.2, 0.25) is 0 Å². The monoisotopic (exact) mass is 252 g/mol. The number of carbonyl (C=O) groups is 2. The lowest BCUT2D eigenvalue weighted by atomic mass is 11.5. The van der Waals surface area contributed by atoms with Crippen molar-refractivity contribution in [1.29, 1.82) is 0 Å². The van der Waals surface area contributed by atoms with Gasteiger partial charge < -0.3 is 20.4 Å². The van der Waals surface area contributed by atoms with Gasteiger partial charge in [-0.15, -0.1) is 0 Å². The van der Waals surface area contributed by atoms with E-state index in [0.717, 1.165) is 7.11 Å². The summed E-state index contributed by atoms with van der Waals surface area (Å²) in [6.07, 6.45) is 0. The summed E-state index contributed by atoms with van der Waals surface area (Å²) >= 11 is 0. The smallest absolute Gasteiger partial charge is 0.292 e. The van der Waals surface area contributed by atoms with Crippen LogP contribution in [0, 0.1) is 0 Å². The predicted molar refractivity (Wildman–Crippen MR) is 73.9 cm³/mol. The van der Waals surface area contributed by atoms with Crippen molar-refractivity contribution < 1.29 is 30.0 Å². The van der Waals surface area contributed by atoms with Crippen LogP contribution in [-0.4, -0.2) is 42.9 Å². The highest BCUT2D eigenvalue weighted by molar-refractivity contribution is 5.36. The number of hydrogen-bond acceptors (Lipinski definition) is 4. The molecule has 0 aromatic heterocycles. The first-order valence-corrected chi connectivity index (χ1v) is 1.82. The molecule has 0 spiro atoms.